The second-order valence-electron chi connectivity index (χ2n) is 6.72. The number of carbonyl (C=O) groups excluding carboxylic acids is 2. The number of thiophene rings is 1. The summed E-state index contributed by atoms with van der Waals surface area (Å²) in [5.74, 6) is 0.123. The molecule has 0 bridgehead atoms. The monoisotopic (exact) mass is 342 g/mol. The predicted molar refractivity (Wildman–Crippen MR) is 96.0 cm³/mol. The predicted octanol–water partition coefficient (Wildman–Crippen LogP) is 4.53. The number of hydrogen-bond acceptors (Lipinski definition) is 4. The molecule has 1 aliphatic rings. The number of aryl methyl sites for hydroxylation is 3. The van der Waals surface area contributed by atoms with Crippen molar-refractivity contribution >= 4 is 23.1 Å². The number of hydrogen-bond donors (Lipinski definition) is 0. The van der Waals surface area contributed by atoms with E-state index < -0.39 is 0 Å². The summed E-state index contributed by atoms with van der Waals surface area (Å²) in [4.78, 5) is 26.4. The molecule has 0 spiro atoms. The molecule has 0 N–H and O–H groups in total. The third kappa shape index (κ3) is 3.59. The molecule has 1 aromatic carbocycles. The molecule has 126 valence electrons. The Hall–Kier alpha value is -1.94. The minimum Gasteiger partial charge on any atom is -0.453 e. The van der Waals surface area contributed by atoms with Crippen LogP contribution in [0.2, 0.25) is 0 Å². The van der Waals surface area contributed by atoms with E-state index in [9.17, 15) is 9.59 Å². The molecule has 0 aliphatic heterocycles. The summed E-state index contributed by atoms with van der Waals surface area (Å²) in [5, 5.41) is 0. The zero-order valence-corrected chi connectivity index (χ0v) is 15.2. The maximum atomic E-state index is 12.3. The first-order valence-corrected chi connectivity index (χ1v) is 9.15. The Morgan fingerprint density at radius 2 is 2.04 bits per heavy atom. The SMILES string of the molecule is Cc1ccc(C(=O)COC(=O)c2cc3c(s2)CC[C@@H](C)C3)c(C)c1. The number of fused-ring (bicyclic) bond motifs is 1. The van der Waals surface area contributed by atoms with Gasteiger partial charge in [0.05, 0.1) is 0 Å². The van der Waals surface area contributed by atoms with Crippen molar-refractivity contribution in [3.05, 3.63) is 56.3 Å². The van der Waals surface area contributed by atoms with Gasteiger partial charge in [0.25, 0.3) is 0 Å². The van der Waals surface area contributed by atoms with E-state index in [2.05, 4.69) is 6.92 Å². The van der Waals surface area contributed by atoms with Crippen LogP contribution in [0.3, 0.4) is 0 Å². The number of ether oxygens (including phenoxy) is 1. The van der Waals surface area contributed by atoms with Crippen molar-refractivity contribution in [2.45, 2.75) is 40.0 Å². The second kappa shape index (κ2) is 6.89. The van der Waals surface area contributed by atoms with Crippen LogP contribution in [0.5, 0.6) is 0 Å². The molecule has 2 aromatic rings. The van der Waals surface area contributed by atoms with Crippen LogP contribution in [0.1, 0.15) is 54.9 Å². The van der Waals surface area contributed by atoms with Gasteiger partial charge in [0.2, 0.25) is 5.78 Å². The smallest absolute Gasteiger partial charge is 0.348 e. The molecule has 24 heavy (non-hydrogen) atoms. The topological polar surface area (TPSA) is 43.4 Å². The molecule has 1 heterocycles. The fourth-order valence-corrected chi connectivity index (χ4v) is 4.31. The maximum Gasteiger partial charge on any atom is 0.348 e. The van der Waals surface area contributed by atoms with Crippen LogP contribution >= 0.6 is 11.3 Å². The van der Waals surface area contributed by atoms with E-state index >= 15 is 0 Å². The fourth-order valence-electron chi connectivity index (χ4n) is 3.21. The summed E-state index contributed by atoms with van der Waals surface area (Å²) in [6.07, 6.45) is 3.24. The van der Waals surface area contributed by atoms with Crippen molar-refractivity contribution in [2.75, 3.05) is 6.61 Å². The molecule has 0 unspecified atom stereocenters. The highest BCUT2D eigenvalue weighted by Crippen LogP contribution is 2.32. The lowest BCUT2D eigenvalue weighted by atomic mass is 9.90. The van der Waals surface area contributed by atoms with Gasteiger partial charge in [-0.05, 0) is 56.2 Å². The molecule has 1 atom stereocenters. The first-order valence-electron chi connectivity index (χ1n) is 8.33. The highest BCUT2D eigenvalue weighted by atomic mass is 32.1. The largest absolute Gasteiger partial charge is 0.453 e. The Morgan fingerprint density at radius 3 is 2.79 bits per heavy atom. The molecular weight excluding hydrogens is 320 g/mol. The van der Waals surface area contributed by atoms with Crippen LogP contribution in [-0.2, 0) is 17.6 Å². The maximum absolute atomic E-state index is 12.3. The van der Waals surface area contributed by atoms with Crippen molar-refractivity contribution in [1.82, 2.24) is 0 Å². The lowest BCUT2D eigenvalue weighted by Gasteiger charge is -2.16. The van der Waals surface area contributed by atoms with Gasteiger partial charge in [-0.1, -0.05) is 30.7 Å². The molecule has 0 saturated heterocycles. The van der Waals surface area contributed by atoms with Gasteiger partial charge in [0.15, 0.2) is 6.61 Å². The highest BCUT2D eigenvalue weighted by molar-refractivity contribution is 7.14. The van der Waals surface area contributed by atoms with Gasteiger partial charge < -0.3 is 4.74 Å². The van der Waals surface area contributed by atoms with E-state index in [1.54, 1.807) is 6.07 Å². The summed E-state index contributed by atoms with van der Waals surface area (Å²) in [6.45, 7) is 5.92. The molecule has 3 rings (SSSR count). The Bertz CT molecular complexity index is 788. The van der Waals surface area contributed by atoms with Crippen LogP contribution in [0.15, 0.2) is 24.3 Å². The summed E-state index contributed by atoms with van der Waals surface area (Å²) >= 11 is 1.51. The molecule has 1 aliphatic carbocycles. The molecule has 4 heteroatoms. The number of Topliss-reactive ketones (excluding diaryl/α,β-unsaturated/α-hetero) is 1. The molecule has 1 aromatic heterocycles. The van der Waals surface area contributed by atoms with E-state index in [1.165, 1.54) is 28.2 Å². The first kappa shape index (κ1) is 16.9. The molecule has 0 radical (unpaired) electrons. The zero-order valence-electron chi connectivity index (χ0n) is 14.3. The quantitative estimate of drug-likeness (QED) is 0.606. The van der Waals surface area contributed by atoms with Gasteiger partial charge in [-0.25, -0.2) is 4.79 Å². The minimum absolute atomic E-state index is 0.157. The third-order valence-electron chi connectivity index (χ3n) is 4.55. The van der Waals surface area contributed by atoms with Gasteiger partial charge in [0, 0.05) is 10.4 Å². The number of carbonyl (C=O) groups is 2. The van der Waals surface area contributed by atoms with Gasteiger partial charge >= 0.3 is 5.97 Å². The zero-order chi connectivity index (χ0) is 17.3. The minimum atomic E-state index is -0.389. The Balaban J connectivity index is 1.64. The van der Waals surface area contributed by atoms with E-state index in [0.717, 1.165) is 24.0 Å². The summed E-state index contributed by atoms with van der Waals surface area (Å²) in [6, 6.07) is 7.60. The normalized spacial score (nSPS) is 16.5. The summed E-state index contributed by atoms with van der Waals surface area (Å²) < 4.78 is 5.26. The third-order valence-corrected chi connectivity index (χ3v) is 5.76. The van der Waals surface area contributed by atoms with Gasteiger partial charge in [-0.3, -0.25) is 4.79 Å². The molecule has 0 amide bonds. The second-order valence-corrected chi connectivity index (χ2v) is 7.86. The first-order chi connectivity index (χ1) is 11.4. The molecule has 0 saturated carbocycles. The lowest BCUT2D eigenvalue weighted by molar-refractivity contribution is 0.0479. The van der Waals surface area contributed by atoms with Crippen molar-refractivity contribution in [3.63, 3.8) is 0 Å². The van der Waals surface area contributed by atoms with E-state index in [1.807, 2.05) is 32.0 Å². The lowest BCUT2D eigenvalue weighted by Crippen LogP contribution is -2.14. The van der Waals surface area contributed by atoms with Crippen LogP contribution in [-0.4, -0.2) is 18.4 Å². The standard InChI is InChI=1S/C20H22O3S/c1-12-4-6-16(14(3)8-12)17(21)11-23-20(22)19-10-15-9-13(2)5-7-18(15)24-19/h4,6,8,10,13H,5,7,9,11H2,1-3H3/t13-/m1/s1. The summed E-state index contributed by atoms with van der Waals surface area (Å²) in [5.41, 5.74) is 3.91. The van der Waals surface area contributed by atoms with E-state index in [4.69, 9.17) is 4.74 Å². The van der Waals surface area contributed by atoms with Crippen LogP contribution in [0, 0.1) is 19.8 Å². The number of rotatable bonds is 4. The van der Waals surface area contributed by atoms with Crippen molar-refractivity contribution in [2.24, 2.45) is 5.92 Å². The summed E-state index contributed by atoms with van der Waals surface area (Å²) in [7, 11) is 0. The Morgan fingerprint density at radius 1 is 1.25 bits per heavy atom. The fraction of sp³-hybridized carbons (Fsp3) is 0.400. The van der Waals surface area contributed by atoms with Crippen molar-refractivity contribution < 1.29 is 14.3 Å². The van der Waals surface area contributed by atoms with Gasteiger partial charge in [0.1, 0.15) is 4.88 Å². The molecule has 3 nitrogen and oxygen atoms in total. The molecular formula is C20H22O3S. The highest BCUT2D eigenvalue weighted by Gasteiger charge is 2.22. The van der Waals surface area contributed by atoms with E-state index in [-0.39, 0.29) is 18.4 Å². The van der Waals surface area contributed by atoms with Gasteiger partial charge in [-0.15, -0.1) is 11.3 Å². The Labute approximate surface area is 146 Å². The molecule has 0 fully saturated rings. The van der Waals surface area contributed by atoms with E-state index in [0.29, 0.717) is 16.4 Å². The average Bonchev–Trinajstić information content (AvgIpc) is 2.95. The van der Waals surface area contributed by atoms with Crippen LogP contribution in [0.4, 0.5) is 0 Å². The number of esters is 1. The Kier molecular flexibility index (Phi) is 4.86. The van der Waals surface area contributed by atoms with Crippen molar-refractivity contribution in [3.8, 4) is 0 Å². The van der Waals surface area contributed by atoms with Gasteiger partial charge in [-0.2, -0.15) is 0 Å². The van der Waals surface area contributed by atoms with Crippen molar-refractivity contribution in [1.29, 1.82) is 0 Å². The number of ketones is 1. The average molecular weight is 342 g/mol. The number of benzene rings is 1. The van der Waals surface area contributed by atoms with Crippen LogP contribution < -0.4 is 0 Å². The van der Waals surface area contributed by atoms with Crippen LogP contribution in [0.25, 0.3) is 0 Å².